The molecule has 0 unspecified atom stereocenters. The Morgan fingerprint density at radius 2 is 1.85 bits per heavy atom. The van der Waals surface area contributed by atoms with Crippen molar-refractivity contribution in [2.45, 2.75) is 18.2 Å². The first-order chi connectivity index (χ1) is 5.95. The lowest BCUT2D eigenvalue weighted by molar-refractivity contribution is -0.124. The molecule has 0 spiro atoms. The third kappa shape index (κ3) is 1.56. The average Bonchev–Trinajstić information content (AvgIpc) is 2.28. The first-order valence-electron chi connectivity index (χ1n) is 3.66. The molecule has 0 bridgehead atoms. The van der Waals surface area contributed by atoms with Gasteiger partial charge in [0.2, 0.25) is 5.91 Å². The van der Waals surface area contributed by atoms with Crippen LogP contribution in [0.4, 0.5) is 4.79 Å². The van der Waals surface area contributed by atoms with Gasteiger partial charge in [0.25, 0.3) is 0 Å². The van der Waals surface area contributed by atoms with Gasteiger partial charge in [0.15, 0.2) is 0 Å². The van der Waals surface area contributed by atoms with Gasteiger partial charge in [0.1, 0.15) is 18.2 Å². The molecule has 0 saturated carbocycles. The van der Waals surface area contributed by atoms with Crippen molar-refractivity contribution in [2.24, 2.45) is 11.5 Å². The molecule has 1 heterocycles. The molecule has 1 aliphatic rings. The Kier molecular flexibility index (Phi) is 2.39. The van der Waals surface area contributed by atoms with Crippen LogP contribution < -0.4 is 11.5 Å². The van der Waals surface area contributed by atoms with E-state index in [1.165, 1.54) is 0 Å². The number of likely N-dealkylation sites (tertiary alicyclic amines) is 1. The van der Waals surface area contributed by atoms with Crippen LogP contribution >= 0.6 is 0 Å². The number of urea groups is 1. The highest BCUT2D eigenvalue weighted by Gasteiger charge is 2.44. The van der Waals surface area contributed by atoms with Crippen LogP contribution in [0.25, 0.3) is 0 Å². The maximum absolute atomic E-state index is 10.8. The van der Waals surface area contributed by atoms with Crippen molar-refractivity contribution < 1.29 is 19.8 Å². The number of carbonyl (C=O) groups excluding carboxylic acids is 2. The van der Waals surface area contributed by atoms with Crippen molar-refractivity contribution in [3.63, 3.8) is 0 Å². The van der Waals surface area contributed by atoms with Gasteiger partial charge in [0.05, 0.1) is 6.54 Å². The SMILES string of the molecule is NC(=O)[C@H]1[C@H](O)[C@H](O)CN1C(N)=O. The molecule has 7 nitrogen and oxygen atoms in total. The molecule has 0 radical (unpaired) electrons. The van der Waals surface area contributed by atoms with E-state index in [9.17, 15) is 14.7 Å². The van der Waals surface area contributed by atoms with Crippen LogP contribution in [0.3, 0.4) is 0 Å². The van der Waals surface area contributed by atoms with Crippen molar-refractivity contribution in [3.8, 4) is 0 Å². The Hall–Kier alpha value is -1.34. The third-order valence-electron chi connectivity index (χ3n) is 2.01. The van der Waals surface area contributed by atoms with E-state index in [4.69, 9.17) is 16.6 Å². The quantitative estimate of drug-likeness (QED) is 0.349. The summed E-state index contributed by atoms with van der Waals surface area (Å²) in [7, 11) is 0. The van der Waals surface area contributed by atoms with E-state index in [2.05, 4.69) is 0 Å². The first-order valence-corrected chi connectivity index (χ1v) is 3.66. The van der Waals surface area contributed by atoms with Crippen LogP contribution in [0, 0.1) is 0 Å². The van der Waals surface area contributed by atoms with Crippen molar-refractivity contribution in [3.05, 3.63) is 0 Å². The Bertz CT molecular complexity index is 244. The predicted octanol–water partition coefficient (Wildman–Crippen LogP) is -3.04. The summed E-state index contributed by atoms with van der Waals surface area (Å²) in [5.41, 5.74) is 9.83. The number of aliphatic hydroxyl groups is 2. The fourth-order valence-corrected chi connectivity index (χ4v) is 1.37. The number of β-amino-alcohol motifs (C(OH)–C–C–N with tert-alkyl or cyclic N) is 1. The monoisotopic (exact) mass is 189 g/mol. The van der Waals surface area contributed by atoms with E-state index in [-0.39, 0.29) is 6.54 Å². The zero-order chi connectivity index (χ0) is 10.2. The van der Waals surface area contributed by atoms with Crippen LogP contribution in [0.15, 0.2) is 0 Å². The van der Waals surface area contributed by atoms with Crippen molar-refractivity contribution in [1.82, 2.24) is 4.90 Å². The van der Waals surface area contributed by atoms with Gasteiger partial charge in [-0.3, -0.25) is 4.79 Å². The van der Waals surface area contributed by atoms with E-state index < -0.39 is 30.2 Å². The molecule has 3 amide bonds. The highest BCUT2D eigenvalue weighted by atomic mass is 16.3. The summed E-state index contributed by atoms with van der Waals surface area (Å²) >= 11 is 0. The molecule has 0 aliphatic carbocycles. The number of carbonyl (C=O) groups is 2. The zero-order valence-corrected chi connectivity index (χ0v) is 6.75. The normalized spacial score (nSPS) is 33.4. The molecule has 0 aromatic heterocycles. The molecule has 0 aromatic carbocycles. The lowest BCUT2D eigenvalue weighted by atomic mass is 10.1. The molecule has 1 aliphatic heterocycles. The van der Waals surface area contributed by atoms with E-state index in [0.717, 1.165) is 4.90 Å². The topological polar surface area (TPSA) is 130 Å². The van der Waals surface area contributed by atoms with Gasteiger partial charge in [-0.25, -0.2) is 4.79 Å². The van der Waals surface area contributed by atoms with Crippen LogP contribution in [0.2, 0.25) is 0 Å². The minimum absolute atomic E-state index is 0.176. The molecule has 0 aromatic rings. The Labute approximate surface area is 73.9 Å². The number of nitrogens with zero attached hydrogens (tertiary/aromatic N) is 1. The second-order valence-electron chi connectivity index (χ2n) is 2.90. The Morgan fingerprint density at radius 3 is 2.15 bits per heavy atom. The molecule has 1 rings (SSSR count). The van der Waals surface area contributed by atoms with Gasteiger partial charge in [0, 0.05) is 0 Å². The first kappa shape index (κ1) is 9.75. The summed E-state index contributed by atoms with van der Waals surface area (Å²) in [6.45, 7) is -0.176. The van der Waals surface area contributed by atoms with Gasteiger partial charge in [-0.1, -0.05) is 0 Å². The van der Waals surface area contributed by atoms with Gasteiger partial charge in [-0.2, -0.15) is 0 Å². The summed E-state index contributed by atoms with van der Waals surface area (Å²) in [5.74, 6) is -0.886. The molecule has 6 N–H and O–H groups in total. The number of nitrogens with two attached hydrogens (primary N) is 2. The van der Waals surface area contributed by atoms with Crippen molar-refractivity contribution in [2.75, 3.05) is 6.54 Å². The molecule has 1 fully saturated rings. The predicted molar refractivity (Wildman–Crippen MR) is 41.3 cm³/mol. The molecule has 1 saturated heterocycles. The third-order valence-corrected chi connectivity index (χ3v) is 2.01. The highest BCUT2D eigenvalue weighted by molar-refractivity contribution is 5.86. The maximum atomic E-state index is 10.8. The maximum Gasteiger partial charge on any atom is 0.315 e. The summed E-state index contributed by atoms with van der Waals surface area (Å²) in [4.78, 5) is 22.3. The number of rotatable bonds is 1. The largest absolute Gasteiger partial charge is 0.388 e. The molecular weight excluding hydrogens is 178 g/mol. The smallest absolute Gasteiger partial charge is 0.315 e. The van der Waals surface area contributed by atoms with Gasteiger partial charge in [-0.05, 0) is 0 Å². The fraction of sp³-hybridized carbons (Fsp3) is 0.667. The Morgan fingerprint density at radius 1 is 1.31 bits per heavy atom. The molecule has 74 valence electrons. The van der Waals surface area contributed by atoms with E-state index in [1.807, 2.05) is 0 Å². The van der Waals surface area contributed by atoms with Crippen LogP contribution in [-0.2, 0) is 4.79 Å². The lowest BCUT2D eigenvalue weighted by Crippen LogP contribution is -2.50. The highest BCUT2D eigenvalue weighted by Crippen LogP contribution is 2.17. The van der Waals surface area contributed by atoms with E-state index >= 15 is 0 Å². The van der Waals surface area contributed by atoms with E-state index in [1.54, 1.807) is 0 Å². The number of primary amides is 2. The average molecular weight is 189 g/mol. The summed E-state index contributed by atoms with van der Waals surface area (Å²) < 4.78 is 0. The fourth-order valence-electron chi connectivity index (χ4n) is 1.37. The number of aliphatic hydroxyl groups excluding tert-OH is 2. The van der Waals surface area contributed by atoms with Crippen LogP contribution in [0.1, 0.15) is 0 Å². The number of amides is 3. The van der Waals surface area contributed by atoms with Crippen molar-refractivity contribution >= 4 is 11.9 Å². The molecule has 3 atom stereocenters. The van der Waals surface area contributed by atoms with Crippen LogP contribution in [0.5, 0.6) is 0 Å². The van der Waals surface area contributed by atoms with Gasteiger partial charge in [-0.15, -0.1) is 0 Å². The standard InChI is InChI=1S/C6H11N3O4/c7-5(12)3-4(11)2(10)1-9(3)6(8)13/h2-4,10-11H,1H2,(H2,7,12)(H2,8,13)/t2-,3-,4-/m1/s1. The molecule has 13 heavy (non-hydrogen) atoms. The summed E-state index contributed by atoms with van der Waals surface area (Å²) in [5, 5.41) is 18.4. The van der Waals surface area contributed by atoms with E-state index in [0.29, 0.717) is 0 Å². The van der Waals surface area contributed by atoms with Crippen molar-refractivity contribution in [1.29, 1.82) is 0 Å². The molecule has 7 heteroatoms. The van der Waals surface area contributed by atoms with Gasteiger partial charge >= 0.3 is 6.03 Å². The minimum atomic E-state index is -1.36. The Balaban J connectivity index is 2.86. The van der Waals surface area contributed by atoms with Gasteiger partial charge < -0.3 is 26.6 Å². The molecular formula is C6H11N3O4. The summed E-state index contributed by atoms with van der Waals surface area (Å²) in [6.07, 6.45) is -2.53. The summed E-state index contributed by atoms with van der Waals surface area (Å²) in [6, 6.07) is -2.12. The lowest BCUT2D eigenvalue weighted by Gasteiger charge is -2.20. The number of hydrogen-bond donors (Lipinski definition) is 4. The van der Waals surface area contributed by atoms with Crippen LogP contribution in [-0.4, -0.2) is 51.8 Å². The number of hydrogen-bond acceptors (Lipinski definition) is 4. The minimum Gasteiger partial charge on any atom is -0.388 e. The second-order valence-corrected chi connectivity index (χ2v) is 2.90. The zero-order valence-electron chi connectivity index (χ0n) is 6.75. The second kappa shape index (κ2) is 3.19.